The van der Waals surface area contributed by atoms with Gasteiger partial charge in [0, 0.05) is 19.2 Å². The number of hydrogen-bond acceptors (Lipinski definition) is 5. The summed E-state index contributed by atoms with van der Waals surface area (Å²) in [6.07, 6.45) is 0. The monoisotopic (exact) mass is 225 g/mol. The van der Waals surface area contributed by atoms with E-state index in [-0.39, 0.29) is 16.9 Å². The molecule has 0 aliphatic rings. The fourth-order valence-corrected chi connectivity index (χ4v) is 1.11. The van der Waals surface area contributed by atoms with Crippen molar-refractivity contribution in [2.75, 3.05) is 19.9 Å². The second-order valence-electron chi connectivity index (χ2n) is 3.01. The first-order valence-corrected chi connectivity index (χ1v) is 4.33. The maximum atomic E-state index is 11.6. The normalized spacial score (nSPS) is 9.88. The molecule has 0 radical (unpaired) electrons. The number of amides is 1. The van der Waals surface area contributed by atoms with Crippen molar-refractivity contribution in [3.63, 3.8) is 0 Å². The van der Waals surface area contributed by atoms with Crippen LogP contribution in [0.4, 0.5) is 11.4 Å². The summed E-state index contributed by atoms with van der Waals surface area (Å²) in [5.41, 5.74) is 5.59. The van der Waals surface area contributed by atoms with Crippen molar-refractivity contribution in [1.29, 1.82) is 0 Å². The van der Waals surface area contributed by atoms with Gasteiger partial charge < -0.3 is 5.73 Å². The Morgan fingerprint density at radius 2 is 2.19 bits per heavy atom. The van der Waals surface area contributed by atoms with Gasteiger partial charge in [0.25, 0.3) is 11.6 Å². The van der Waals surface area contributed by atoms with Crippen molar-refractivity contribution in [3.8, 4) is 0 Å². The Kier molecular flexibility index (Phi) is 3.41. The summed E-state index contributed by atoms with van der Waals surface area (Å²) in [7, 11) is 2.75. The molecule has 0 saturated heterocycles. The van der Waals surface area contributed by atoms with Gasteiger partial charge in [-0.2, -0.15) is 0 Å². The topological polar surface area (TPSA) is 98.7 Å². The van der Waals surface area contributed by atoms with Gasteiger partial charge >= 0.3 is 0 Å². The molecule has 0 atom stereocenters. The van der Waals surface area contributed by atoms with Gasteiger partial charge in [0.15, 0.2) is 0 Å². The second-order valence-corrected chi connectivity index (χ2v) is 3.01. The Balaban J connectivity index is 3.08. The van der Waals surface area contributed by atoms with E-state index in [1.807, 2.05) is 0 Å². The Hall–Kier alpha value is -2.15. The highest BCUT2D eigenvalue weighted by Crippen LogP contribution is 2.20. The van der Waals surface area contributed by atoms with E-state index in [1.165, 1.54) is 26.3 Å². The lowest BCUT2D eigenvalue weighted by Crippen LogP contribution is -2.26. The fraction of sp³-hybridized carbons (Fsp3) is 0.222. The van der Waals surface area contributed by atoms with Crippen molar-refractivity contribution >= 4 is 17.3 Å². The number of benzene rings is 1. The number of hydrogen-bond donors (Lipinski definition) is 1. The van der Waals surface area contributed by atoms with Crippen molar-refractivity contribution in [2.45, 2.75) is 0 Å². The summed E-state index contributed by atoms with van der Waals surface area (Å²) < 4.78 is 0. The lowest BCUT2D eigenvalue weighted by atomic mass is 10.1. The van der Waals surface area contributed by atoms with Crippen LogP contribution in [0.5, 0.6) is 0 Å². The Morgan fingerprint density at radius 1 is 1.56 bits per heavy atom. The molecule has 1 aromatic carbocycles. The third kappa shape index (κ3) is 2.26. The average Bonchev–Trinajstić information content (AvgIpc) is 2.26. The van der Waals surface area contributed by atoms with Crippen LogP contribution >= 0.6 is 0 Å². The van der Waals surface area contributed by atoms with Crippen molar-refractivity contribution in [2.24, 2.45) is 0 Å². The minimum Gasteiger partial charge on any atom is -0.398 e. The van der Waals surface area contributed by atoms with Crippen LogP contribution in [0.3, 0.4) is 0 Å². The molecule has 1 amide bonds. The number of nitrogens with two attached hydrogens (primary N) is 1. The van der Waals surface area contributed by atoms with Gasteiger partial charge in [-0.15, -0.1) is 0 Å². The Bertz CT molecular complexity index is 433. The van der Waals surface area contributed by atoms with E-state index in [2.05, 4.69) is 0 Å². The third-order valence-corrected chi connectivity index (χ3v) is 2.04. The summed E-state index contributed by atoms with van der Waals surface area (Å²) in [5.74, 6) is -0.463. The predicted molar refractivity (Wildman–Crippen MR) is 56.6 cm³/mol. The van der Waals surface area contributed by atoms with Gasteiger partial charge in [-0.1, -0.05) is 0 Å². The number of hydroxylamine groups is 2. The molecule has 0 saturated carbocycles. The largest absolute Gasteiger partial charge is 0.398 e. The molecule has 1 rings (SSSR count). The van der Waals surface area contributed by atoms with E-state index in [9.17, 15) is 14.9 Å². The van der Waals surface area contributed by atoms with Crippen LogP contribution in [-0.2, 0) is 4.84 Å². The summed E-state index contributed by atoms with van der Waals surface area (Å²) in [5, 5.41) is 11.4. The maximum absolute atomic E-state index is 11.6. The minimum atomic E-state index is -0.579. The van der Waals surface area contributed by atoms with E-state index in [0.717, 1.165) is 11.1 Å². The van der Waals surface area contributed by atoms with Crippen LogP contribution in [0.1, 0.15) is 10.4 Å². The summed E-state index contributed by atoms with van der Waals surface area (Å²) in [6, 6.07) is 3.65. The number of non-ortho nitro benzene ring substituents is 1. The molecule has 0 unspecified atom stereocenters. The van der Waals surface area contributed by atoms with Crippen molar-refractivity contribution in [3.05, 3.63) is 33.9 Å². The van der Waals surface area contributed by atoms with E-state index in [4.69, 9.17) is 10.6 Å². The molecule has 0 fully saturated rings. The highest BCUT2D eigenvalue weighted by molar-refractivity contribution is 5.98. The number of nitrogens with zero attached hydrogens (tertiary/aromatic N) is 2. The molecule has 0 heterocycles. The van der Waals surface area contributed by atoms with Crippen molar-refractivity contribution < 1.29 is 14.6 Å². The van der Waals surface area contributed by atoms with Crippen LogP contribution in [0.25, 0.3) is 0 Å². The van der Waals surface area contributed by atoms with E-state index < -0.39 is 10.8 Å². The number of nitro groups is 1. The molecule has 2 N–H and O–H groups in total. The molecule has 0 bridgehead atoms. The molecule has 16 heavy (non-hydrogen) atoms. The van der Waals surface area contributed by atoms with Gasteiger partial charge in [-0.05, 0) is 6.07 Å². The third-order valence-electron chi connectivity index (χ3n) is 2.04. The van der Waals surface area contributed by atoms with E-state index in [0.29, 0.717) is 0 Å². The molecule has 0 spiro atoms. The lowest BCUT2D eigenvalue weighted by Gasteiger charge is -2.14. The molecule has 86 valence electrons. The van der Waals surface area contributed by atoms with Gasteiger partial charge in [-0.25, -0.2) is 5.06 Å². The lowest BCUT2D eigenvalue weighted by molar-refractivity contribution is -0.384. The average molecular weight is 225 g/mol. The first kappa shape index (κ1) is 11.9. The second kappa shape index (κ2) is 4.58. The number of nitro benzene ring substituents is 1. The molecule has 7 nitrogen and oxygen atoms in total. The summed E-state index contributed by atoms with van der Waals surface area (Å²) in [6.45, 7) is 0. The quantitative estimate of drug-likeness (QED) is 0.466. The highest BCUT2D eigenvalue weighted by atomic mass is 16.7. The summed E-state index contributed by atoms with van der Waals surface area (Å²) >= 11 is 0. The van der Waals surface area contributed by atoms with Crippen LogP contribution in [0.15, 0.2) is 18.2 Å². The number of carbonyl (C=O) groups excluding carboxylic acids is 1. The summed E-state index contributed by atoms with van der Waals surface area (Å²) in [4.78, 5) is 26.2. The number of rotatable bonds is 3. The zero-order valence-electron chi connectivity index (χ0n) is 8.84. The molecule has 7 heteroatoms. The van der Waals surface area contributed by atoms with Crippen LogP contribution in [0.2, 0.25) is 0 Å². The van der Waals surface area contributed by atoms with Gasteiger partial charge in [-0.3, -0.25) is 19.7 Å². The number of anilines is 1. The molecular weight excluding hydrogens is 214 g/mol. The van der Waals surface area contributed by atoms with Crippen LogP contribution < -0.4 is 5.73 Å². The SMILES string of the molecule is CON(C)C(=O)c1ccc([N+](=O)[O-])cc1N. The van der Waals surface area contributed by atoms with Gasteiger partial charge in [0.05, 0.1) is 23.3 Å². The smallest absolute Gasteiger partial charge is 0.279 e. The fourth-order valence-electron chi connectivity index (χ4n) is 1.11. The maximum Gasteiger partial charge on any atom is 0.279 e. The van der Waals surface area contributed by atoms with Gasteiger partial charge in [0.2, 0.25) is 0 Å². The zero-order valence-corrected chi connectivity index (χ0v) is 8.84. The number of carbonyl (C=O) groups is 1. The predicted octanol–water partition coefficient (Wildman–Crippen LogP) is 0.810. The van der Waals surface area contributed by atoms with Crippen LogP contribution in [0, 0.1) is 10.1 Å². The Labute approximate surface area is 91.5 Å². The van der Waals surface area contributed by atoms with E-state index >= 15 is 0 Å². The van der Waals surface area contributed by atoms with Crippen molar-refractivity contribution in [1.82, 2.24) is 5.06 Å². The molecular formula is C9H11N3O4. The Morgan fingerprint density at radius 3 is 2.62 bits per heavy atom. The minimum absolute atomic E-state index is 0.0445. The molecule has 0 aliphatic carbocycles. The molecule has 0 aromatic heterocycles. The standard InChI is InChI=1S/C9H11N3O4/c1-11(16-2)9(13)7-4-3-6(12(14)15)5-8(7)10/h3-5H,10H2,1-2H3. The molecule has 0 aliphatic heterocycles. The van der Waals surface area contributed by atoms with Gasteiger partial charge in [0.1, 0.15) is 0 Å². The molecule has 1 aromatic rings. The number of nitrogen functional groups attached to an aromatic ring is 1. The van der Waals surface area contributed by atoms with Crippen LogP contribution in [-0.4, -0.2) is 30.1 Å². The highest BCUT2D eigenvalue weighted by Gasteiger charge is 2.17. The van der Waals surface area contributed by atoms with E-state index in [1.54, 1.807) is 0 Å². The zero-order chi connectivity index (χ0) is 12.3. The first-order chi connectivity index (χ1) is 7.47. The first-order valence-electron chi connectivity index (χ1n) is 4.33.